The summed E-state index contributed by atoms with van der Waals surface area (Å²) >= 11 is 0. The quantitative estimate of drug-likeness (QED) is 0.459. The third kappa shape index (κ3) is 7.44. The van der Waals surface area contributed by atoms with Crippen LogP contribution < -0.4 is 5.73 Å². The standard InChI is InChI=1S/C9H17N/c1-2-3-4-5-6-7-8-9-10/h5-8H,2-4,9-10H2,1H3/b6-5+,8-7+. The van der Waals surface area contributed by atoms with Crippen LogP contribution in [0.3, 0.4) is 0 Å². The van der Waals surface area contributed by atoms with Crippen LogP contribution in [-0.4, -0.2) is 6.54 Å². The Hall–Kier alpha value is -0.560. The second-order valence-corrected chi connectivity index (χ2v) is 2.23. The Morgan fingerprint density at radius 3 is 2.50 bits per heavy atom. The van der Waals surface area contributed by atoms with Crippen molar-refractivity contribution < 1.29 is 0 Å². The van der Waals surface area contributed by atoms with E-state index in [2.05, 4.69) is 19.1 Å². The van der Waals surface area contributed by atoms with Gasteiger partial charge in [0.1, 0.15) is 0 Å². The van der Waals surface area contributed by atoms with E-state index >= 15 is 0 Å². The largest absolute Gasteiger partial charge is 0.327 e. The molecule has 0 fully saturated rings. The lowest BCUT2D eigenvalue weighted by atomic mass is 10.2. The summed E-state index contributed by atoms with van der Waals surface area (Å²) in [6, 6.07) is 0. The van der Waals surface area contributed by atoms with E-state index in [9.17, 15) is 0 Å². The molecule has 0 unspecified atom stereocenters. The van der Waals surface area contributed by atoms with E-state index in [1.54, 1.807) is 0 Å². The van der Waals surface area contributed by atoms with Gasteiger partial charge in [0.2, 0.25) is 0 Å². The van der Waals surface area contributed by atoms with Crippen molar-refractivity contribution in [2.75, 3.05) is 6.54 Å². The summed E-state index contributed by atoms with van der Waals surface area (Å²) in [6.07, 6.45) is 11.9. The van der Waals surface area contributed by atoms with Crippen molar-refractivity contribution in [3.63, 3.8) is 0 Å². The molecule has 0 aliphatic rings. The first kappa shape index (κ1) is 9.44. The molecule has 0 aromatic rings. The van der Waals surface area contributed by atoms with E-state index in [-0.39, 0.29) is 0 Å². The fourth-order valence-electron chi connectivity index (χ4n) is 0.654. The number of hydrogen-bond acceptors (Lipinski definition) is 1. The lowest BCUT2D eigenvalue weighted by molar-refractivity contribution is 0.815. The summed E-state index contributed by atoms with van der Waals surface area (Å²) in [5.74, 6) is 0. The SMILES string of the molecule is CCCC/C=C/C=C/CN. The number of rotatable bonds is 5. The molecule has 0 aromatic carbocycles. The second kappa shape index (κ2) is 8.44. The van der Waals surface area contributed by atoms with Crippen molar-refractivity contribution in [3.05, 3.63) is 24.3 Å². The molecular formula is C9H17N. The van der Waals surface area contributed by atoms with Crippen LogP contribution in [0.4, 0.5) is 0 Å². The van der Waals surface area contributed by atoms with Gasteiger partial charge in [-0.3, -0.25) is 0 Å². The van der Waals surface area contributed by atoms with Gasteiger partial charge in [0.25, 0.3) is 0 Å². The molecule has 0 aliphatic carbocycles. The smallest absolute Gasteiger partial charge is 0.0109 e. The maximum Gasteiger partial charge on any atom is 0.0109 e. The number of allylic oxidation sites excluding steroid dienone is 3. The minimum Gasteiger partial charge on any atom is -0.327 e. The molecule has 0 atom stereocenters. The van der Waals surface area contributed by atoms with Crippen molar-refractivity contribution in [1.29, 1.82) is 0 Å². The van der Waals surface area contributed by atoms with E-state index in [1.165, 1.54) is 19.3 Å². The Morgan fingerprint density at radius 1 is 1.20 bits per heavy atom. The zero-order valence-corrected chi connectivity index (χ0v) is 6.72. The molecule has 10 heavy (non-hydrogen) atoms. The van der Waals surface area contributed by atoms with E-state index in [4.69, 9.17) is 5.73 Å². The van der Waals surface area contributed by atoms with Crippen LogP contribution in [0.5, 0.6) is 0 Å². The average molecular weight is 139 g/mol. The van der Waals surface area contributed by atoms with E-state index in [1.807, 2.05) is 12.2 Å². The van der Waals surface area contributed by atoms with Crippen molar-refractivity contribution in [2.45, 2.75) is 26.2 Å². The highest BCUT2D eigenvalue weighted by Gasteiger charge is 1.74. The summed E-state index contributed by atoms with van der Waals surface area (Å²) in [5.41, 5.74) is 5.25. The van der Waals surface area contributed by atoms with Gasteiger partial charge in [-0.05, 0) is 6.42 Å². The summed E-state index contributed by atoms with van der Waals surface area (Å²) in [4.78, 5) is 0. The van der Waals surface area contributed by atoms with Gasteiger partial charge in [-0.25, -0.2) is 0 Å². The molecule has 0 rings (SSSR count). The Kier molecular flexibility index (Phi) is 7.97. The van der Waals surface area contributed by atoms with Gasteiger partial charge in [0.05, 0.1) is 0 Å². The van der Waals surface area contributed by atoms with Crippen LogP contribution in [0.2, 0.25) is 0 Å². The zero-order valence-electron chi connectivity index (χ0n) is 6.72. The van der Waals surface area contributed by atoms with E-state index < -0.39 is 0 Å². The Morgan fingerprint density at radius 2 is 1.90 bits per heavy atom. The van der Waals surface area contributed by atoms with Gasteiger partial charge in [-0.2, -0.15) is 0 Å². The highest BCUT2D eigenvalue weighted by molar-refractivity contribution is 5.02. The van der Waals surface area contributed by atoms with E-state index in [0.717, 1.165) is 0 Å². The molecule has 0 aromatic heterocycles. The topological polar surface area (TPSA) is 26.0 Å². The fourth-order valence-corrected chi connectivity index (χ4v) is 0.654. The molecule has 0 aliphatic heterocycles. The summed E-state index contributed by atoms with van der Waals surface area (Å²) in [7, 11) is 0. The van der Waals surface area contributed by atoms with Crippen LogP contribution in [0, 0.1) is 0 Å². The number of unbranched alkanes of at least 4 members (excludes halogenated alkanes) is 2. The minimum absolute atomic E-state index is 0.637. The van der Waals surface area contributed by atoms with Gasteiger partial charge in [0, 0.05) is 6.54 Å². The summed E-state index contributed by atoms with van der Waals surface area (Å²) < 4.78 is 0. The predicted molar refractivity (Wildman–Crippen MR) is 46.9 cm³/mol. The lowest BCUT2D eigenvalue weighted by Crippen LogP contribution is -1.91. The van der Waals surface area contributed by atoms with Crippen LogP contribution in [0.15, 0.2) is 24.3 Å². The van der Waals surface area contributed by atoms with Crippen LogP contribution in [-0.2, 0) is 0 Å². The van der Waals surface area contributed by atoms with Gasteiger partial charge in [0.15, 0.2) is 0 Å². The van der Waals surface area contributed by atoms with Crippen molar-refractivity contribution in [1.82, 2.24) is 0 Å². The normalized spacial score (nSPS) is 11.8. The van der Waals surface area contributed by atoms with Crippen LogP contribution in [0.1, 0.15) is 26.2 Å². The van der Waals surface area contributed by atoms with Gasteiger partial charge < -0.3 is 5.73 Å². The number of nitrogens with two attached hydrogens (primary N) is 1. The average Bonchev–Trinajstić information content (AvgIpc) is 1.97. The first-order valence-electron chi connectivity index (χ1n) is 3.93. The predicted octanol–water partition coefficient (Wildman–Crippen LogP) is 2.25. The number of hydrogen-bond donors (Lipinski definition) is 1. The fraction of sp³-hybridized carbons (Fsp3) is 0.556. The maximum absolute atomic E-state index is 5.25. The molecule has 1 nitrogen and oxygen atoms in total. The lowest BCUT2D eigenvalue weighted by Gasteiger charge is -1.85. The molecule has 0 radical (unpaired) electrons. The van der Waals surface area contributed by atoms with Gasteiger partial charge in [-0.15, -0.1) is 0 Å². The summed E-state index contributed by atoms with van der Waals surface area (Å²) in [6.45, 7) is 2.84. The molecule has 0 heterocycles. The molecule has 58 valence electrons. The molecule has 0 spiro atoms. The van der Waals surface area contributed by atoms with Crippen molar-refractivity contribution >= 4 is 0 Å². The van der Waals surface area contributed by atoms with Crippen molar-refractivity contribution in [3.8, 4) is 0 Å². The third-order valence-electron chi connectivity index (χ3n) is 1.24. The van der Waals surface area contributed by atoms with Crippen LogP contribution in [0.25, 0.3) is 0 Å². The van der Waals surface area contributed by atoms with Gasteiger partial charge in [-0.1, -0.05) is 44.1 Å². The Labute approximate surface area is 63.6 Å². The molecule has 0 saturated heterocycles. The second-order valence-electron chi connectivity index (χ2n) is 2.23. The molecule has 2 N–H and O–H groups in total. The summed E-state index contributed by atoms with van der Waals surface area (Å²) in [5, 5.41) is 0. The highest BCUT2D eigenvalue weighted by Crippen LogP contribution is 1.94. The molecule has 0 bridgehead atoms. The molecule has 1 heteroatoms. The van der Waals surface area contributed by atoms with E-state index in [0.29, 0.717) is 6.54 Å². The van der Waals surface area contributed by atoms with Crippen molar-refractivity contribution in [2.24, 2.45) is 5.73 Å². The Balaban J connectivity index is 3.11. The highest BCUT2D eigenvalue weighted by atomic mass is 14.5. The maximum atomic E-state index is 5.25. The molecule has 0 saturated carbocycles. The zero-order chi connectivity index (χ0) is 7.66. The first-order chi connectivity index (χ1) is 4.91. The first-order valence-corrected chi connectivity index (χ1v) is 3.93. The minimum atomic E-state index is 0.637. The van der Waals surface area contributed by atoms with Crippen LogP contribution >= 0.6 is 0 Å². The molecule has 0 amide bonds. The Bertz CT molecular complexity index is 103. The third-order valence-corrected chi connectivity index (χ3v) is 1.24. The van der Waals surface area contributed by atoms with Gasteiger partial charge >= 0.3 is 0 Å². The molecular weight excluding hydrogens is 122 g/mol. The monoisotopic (exact) mass is 139 g/mol.